The standard InChI is InChI=1S/C15H23N3O3/c1-12(19)17-13-5-3-6-14(11-13)18-15(20)7-9-16-8-4-10-21-2/h3,5-6,11,16H,4,7-10H2,1-2H3,(H,17,19)(H,18,20). The maximum absolute atomic E-state index is 11.8. The maximum atomic E-state index is 11.8. The third-order valence-corrected chi connectivity index (χ3v) is 2.70. The average molecular weight is 293 g/mol. The van der Waals surface area contributed by atoms with Gasteiger partial charge >= 0.3 is 0 Å². The number of hydrogen-bond acceptors (Lipinski definition) is 4. The van der Waals surface area contributed by atoms with Crippen molar-refractivity contribution in [1.29, 1.82) is 0 Å². The van der Waals surface area contributed by atoms with Crippen molar-refractivity contribution in [3.05, 3.63) is 24.3 Å². The molecule has 0 aliphatic rings. The zero-order chi connectivity index (χ0) is 15.5. The summed E-state index contributed by atoms with van der Waals surface area (Å²) in [6, 6.07) is 7.07. The first-order valence-corrected chi connectivity index (χ1v) is 6.99. The molecule has 6 nitrogen and oxygen atoms in total. The van der Waals surface area contributed by atoms with Gasteiger partial charge in [-0.15, -0.1) is 0 Å². The normalized spacial score (nSPS) is 10.2. The Labute approximate surface area is 125 Å². The van der Waals surface area contributed by atoms with Gasteiger partial charge in [0, 0.05) is 45.0 Å². The fourth-order valence-electron chi connectivity index (χ4n) is 1.77. The second-order valence-corrected chi connectivity index (χ2v) is 4.66. The van der Waals surface area contributed by atoms with Crippen LogP contribution in [0.15, 0.2) is 24.3 Å². The molecule has 0 aliphatic heterocycles. The van der Waals surface area contributed by atoms with Crippen LogP contribution >= 0.6 is 0 Å². The van der Waals surface area contributed by atoms with Crippen molar-refractivity contribution in [3.63, 3.8) is 0 Å². The Balaban J connectivity index is 2.29. The Kier molecular flexibility index (Phi) is 8.08. The van der Waals surface area contributed by atoms with Crippen molar-refractivity contribution >= 4 is 23.2 Å². The lowest BCUT2D eigenvalue weighted by molar-refractivity contribution is -0.116. The number of carbonyl (C=O) groups excluding carboxylic acids is 2. The first-order chi connectivity index (χ1) is 10.1. The average Bonchev–Trinajstić information content (AvgIpc) is 2.42. The molecule has 2 amide bonds. The van der Waals surface area contributed by atoms with Gasteiger partial charge in [-0.3, -0.25) is 9.59 Å². The Bertz CT molecular complexity index is 463. The molecule has 0 unspecified atom stereocenters. The van der Waals surface area contributed by atoms with Crippen LogP contribution in [-0.2, 0) is 14.3 Å². The number of nitrogens with one attached hydrogen (secondary N) is 3. The van der Waals surface area contributed by atoms with Gasteiger partial charge in [0.15, 0.2) is 0 Å². The number of benzene rings is 1. The van der Waals surface area contributed by atoms with Crippen LogP contribution in [0.3, 0.4) is 0 Å². The van der Waals surface area contributed by atoms with E-state index in [1.807, 2.05) is 0 Å². The molecule has 0 saturated carbocycles. The Morgan fingerprint density at radius 3 is 2.52 bits per heavy atom. The molecule has 0 heterocycles. The lowest BCUT2D eigenvalue weighted by atomic mass is 10.2. The number of hydrogen-bond donors (Lipinski definition) is 3. The molecule has 1 aromatic carbocycles. The summed E-state index contributed by atoms with van der Waals surface area (Å²) in [5, 5.41) is 8.66. The van der Waals surface area contributed by atoms with E-state index in [2.05, 4.69) is 16.0 Å². The summed E-state index contributed by atoms with van der Waals surface area (Å²) in [4.78, 5) is 22.8. The smallest absolute Gasteiger partial charge is 0.225 e. The molecule has 0 fully saturated rings. The van der Waals surface area contributed by atoms with Crippen molar-refractivity contribution < 1.29 is 14.3 Å². The van der Waals surface area contributed by atoms with Crippen LogP contribution < -0.4 is 16.0 Å². The van der Waals surface area contributed by atoms with Crippen LogP contribution in [0.1, 0.15) is 19.8 Å². The van der Waals surface area contributed by atoms with Gasteiger partial charge in [0.1, 0.15) is 0 Å². The molecule has 1 rings (SSSR count). The van der Waals surface area contributed by atoms with E-state index in [1.165, 1.54) is 6.92 Å². The molecule has 6 heteroatoms. The van der Waals surface area contributed by atoms with E-state index in [1.54, 1.807) is 31.4 Å². The Morgan fingerprint density at radius 1 is 1.14 bits per heavy atom. The fraction of sp³-hybridized carbons (Fsp3) is 0.467. The summed E-state index contributed by atoms with van der Waals surface area (Å²) >= 11 is 0. The molecule has 0 aliphatic carbocycles. The van der Waals surface area contributed by atoms with Gasteiger partial charge in [-0.1, -0.05) is 6.07 Å². The highest BCUT2D eigenvalue weighted by Crippen LogP contribution is 2.15. The number of methoxy groups -OCH3 is 1. The predicted molar refractivity (Wildman–Crippen MR) is 83.4 cm³/mol. The lowest BCUT2D eigenvalue weighted by Crippen LogP contribution is -2.23. The molecule has 0 saturated heterocycles. The van der Waals surface area contributed by atoms with Gasteiger partial charge in [0.2, 0.25) is 11.8 Å². The summed E-state index contributed by atoms with van der Waals surface area (Å²) in [5.41, 5.74) is 1.34. The minimum atomic E-state index is -0.140. The van der Waals surface area contributed by atoms with E-state index in [-0.39, 0.29) is 11.8 Å². The van der Waals surface area contributed by atoms with Crippen molar-refractivity contribution in [2.24, 2.45) is 0 Å². The van der Waals surface area contributed by atoms with Crippen molar-refractivity contribution in [1.82, 2.24) is 5.32 Å². The van der Waals surface area contributed by atoms with Crippen molar-refractivity contribution in [3.8, 4) is 0 Å². The molecule has 0 bridgehead atoms. The number of carbonyl (C=O) groups is 2. The van der Waals surface area contributed by atoms with Gasteiger partial charge in [-0.25, -0.2) is 0 Å². The van der Waals surface area contributed by atoms with E-state index in [0.29, 0.717) is 24.3 Å². The van der Waals surface area contributed by atoms with Gasteiger partial charge < -0.3 is 20.7 Å². The highest BCUT2D eigenvalue weighted by atomic mass is 16.5. The lowest BCUT2D eigenvalue weighted by Gasteiger charge is -2.08. The zero-order valence-corrected chi connectivity index (χ0v) is 12.6. The molecule has 1 aromatic rings. The second-order valence-electron chi connectivity index (χ2n) is 4.66. The molecular weight excluding hydrogens is 270 g/mol. The topological polar surface area (TPSA) is 79.5 Å². The summed E-state index contributed by atoms with van der Waals surface area (Å²) < 4.78 is 4.94. The van der Waals surface area contributed by atoms with E-state index in [4.69, 9.17) is 4.74 Å². The SMILES string of the molecule is COCCCNCCC(=O)Nc1cccc(NC(C)=O)c1. The summed E-state index contributed by atoms with van der Waals surface area (Å²) in [5.74, 6) is -0.201. The van der Waals surface area contributed by atoms with Gasteiger partial charge in [0.05, 0.1) is 0 Å². The molecule has 0 aromatic heterocycles. The van der Waals surface area contributed by atoms with Crippen molar-refractivity contribution in [2.45, 2.75) is 19.8 Å². The minimum Gasteiger partial charge on any atom is -0.385 e. The number of ether oxygens (including phenoxy) is 1. The van der Waals surface area contributed by atoms with Gasteiger partial charge in [0.25, 0.3) is 0 Å². The quantitative estimate of drug-likeness (QED) is 0.604. The predicted octanol–water partition coefficient (Wildman–Crippen LogP) is 1.60. The highest BCUT2D eigenvalue weighted by molar-refractivity contribution is 5.93. The minimum absolute atomic E-state index is 0.0609. The van der Waals surface area contributed by atoms with E-state index >= 15 is 0 Å². The van der Waals surface area contributed by atoms with Crippen LogP contribution in [-0.4, -0.2) is 38.6 Å². The van der Waals surface area contributed by atoms with E-state index < -0.39 is 0 Å². The zero-order valence-electron chi connectivity index (χ0n) is 12.6. The van der Waals surface area contributed by atoms with Crippen LogP contribution in [0.4, 0.5) is 11.4 Å². The number of rotatable bonds is 9. The van der Waals surface area contributed by atoms with Gasteiger partial charge in [-0.2, -0.15) is 0 Å². The molecule has 21 heavy (non-hydrogen) atoms. The molecule has 116 valence electrons. The number of amides is 2. The maximum Gasteiger partial charge on any atom is 0.225 e. The first-order valence-electron chi connectivity index (χ1n) is 6.99. The fourth-order valence-corrected chi connectivity index (χ4v) is 1.77. The Morgan fingerprint density at radius 2 is 1.86 bits per heavy atom. The molecule has 3 N–H and O–H groups in total. The van der Waals surface area contributed by atoms with Gasteiger partial charge in [-0.05, 0) is 31.2 Å². The third-order valence-electron chi connectivity index (χ3n) is 2.70. The van der Waals surface area contributed by atoms with Crippen LogP contribution in [0.5, 0.6) is 0 Å². The highest BCUT2D eigenvalue weighted by Gasteiger charge is 2.03. The van der Waals surface area contributed by atoms with E-state index in [9.17, 15) is 9.59 Å². The number of anilines is 2. The second kappa shape index (κ2) is 9.90. The monoisotopic (exact) mass is 293 g/mol. The molecule has 0 atom stereocenters. The molecular formula is C15H23N3O3. The largest absolute Gasteiger partial charge is 0.385 e. The van der Waals surface area contributed by atoms with E-state index in [0.717, 1.165) is 19.6 Å². The van der Waals surface area contributed by atoms with Crippen molar-refractivity contribution in [2.75, 3.05) is 37.4 Å². The summed E-state index contributed by atoms with van der Waals surface area (Å²) in [6.07, 6.45) is 1.33. The van der Waals surface area contributed by atoms with Crippen LogP contribution in [0.25, 0.3) is 0 Å². The Hall–Kier alpha value is -1.92. The third kappa shape index (κ3) is 8.06. The summed E-state index contributed by atoms with van der Waals surface area (Å²) in [6.45, 7) is 3.62. The summed E-state index contributed by atoms with van der Waals surface area (Å²) in [7, 11) is 1.67. The first kappa shape index (κ1) is 17.1. The molecule has 0 spiro atoms. The van der Waals surface area contributed by atoms with Crippen LogP contribution in [0.2, 0.25) is 0 Å². The van der Waals surface area contributed by atoms with Crippen LogP contribution in [0, 0.1) is 0 Å². The molecule has 0 radical (unpaired) electrons.